The molecule has 2 nitrogen and oxygen atoms in total. The summed E-state index contributed by atoms with van der Waals surface area (Å²) in [5, 5.41) is 3.70. The summed E-state index contributed by atoms with van der Waals surface area (Å²) in [4.78, 5) is 2.46. The van der Waals surface area contributed by atoms with Gasteiger partial charge in [0.05, 0.1) is 0 Å². The lowest BCUT2D eigenvalue weighted by Gasteiger charge is -2.20. The molecular formula is C15H23BrN2. The summed E-state index contributed by atoms with van der Waals surface area (Å²) in [6.45, 7) is 8.97. The first-order valence-corrected chi connectivity index (χ1v) is 7.78. The zero-order valence-electron chi connectivity index (χ0n) is 11.4. The van der Waals surface area contributed by atoms with Crippen LogP contribution in [0.15, 0.2) is 22.7 Å². The van der Waals surface area contributed by atoms with Crippen LogP contribution in [0.1, 0.15) is 37.4 Å². The zero-order valence-corrected chi connectivity index (χ0v) is 13.0. The molecule has 0 heterocycles. The Balaban J connectivity index is 1.88. The summed E-state index contributed by atoms with van der Waals surface area (Å²) in [6.07, 6.45) is 2.43. The highest BCUT2D eigenvalue weighted by molar-refractivity contribution is 9.10. The second kappa shape index (κ2) is 6.69. The van der Waals surface area contributed by atoms with Gasteiger partial charge in [0, 0.05) is 23.6 Å². The predicted molar refractivity (Wildman–Crippen MR) is 81.0 cm³/mol. The van der Waals surface area contributed by atoms with Crippen molar-refractivity contribution >= 4 is 15.9 Å². The molecule has 0 spiro atoms. The summed E-state index contributed by atoms with van der Waals surface area (Å²) >= 11 is 3.65. The van der Waals surface area contributed by atoms with E-state index in [1.165, 1.54) is 28.4 Å². The van der Waals surface area contributed by atoms with Gasteiger partial charge >= 0.3 is 0 Å². The molecule has 0 radical (unpaired) electrons. The van der Waals surface area contributed by atoms with E-state index in [0.29, 0.717) is 6.04 Å². The Morgan fingerprint density at radius 1 is 1.33 bits per heavy atom. The summed E-state index contributed by atoms with van der Waals surface area (Å²) < 4.78 is 1.27. The monoisotopic (exact) mass is 310 g/mol. The molecule has 1 N–H and O–H groups in total. The Kier molecular flexibility index (Phi) is 5.22. The average Bonchev–Trinajstić information content (AvgIpc) is 2.80. The van der Waals surface area contributed by atoms with E-state index in [2.05, 4.69) is 58.2 Å². The molecule has 1 aromatic carbocycles. The number of hydrogen-bond donors (Lipinski definition) is 1. The molecule has 1 atom stereocenters. The number of fused-ring (bicyclic) bond motifs is 1. The van der Waals surface area contributed by atoms with E-state index < -0.39 is 0 Å². The number of rotatable bonds is 6. The van der Waals surface area contributed by atoms with E-state index in [4.69, 9.17) is 0 Å². The van der Waals surface area contributed by atoms with Gasteiger partial charge in [-0.05, 0) is 43.1 Å². The van der Waals surface area contributed by atoms with Crippen LogP contribution in [0.4, 0.5) is 0 Å². The molecule has 18 heavy (non-hydrogen) atoms. The lowest BCUT2D eigenvalue weighted by Crippen LogP contribution is -2.33. The zero-order chi connectivity index (χ0) is 13.0. The van der Waals surface area contributed by atoms with Gasteiger partial charge in [-0.2, -0.15) is 0 Å². The van der Waals surface area contributed by atoms with Gasteiger partial charge in [-0.25, -0.2) is 0 Å². The Bertz CT molecular complexity index is 388. The van der Waals surface area contributed by atoms with Crippen LogP contribution >= 0.6 is 15.9 Å². The van der Waals surface area contributed by atoms with Gasteiger partial charge in [-0.15, -0.1) is 0 Å². The molecule has 0 bridgehead atoms. The smallest absolute Gasteiger partial charge is 0.0327 e. The summed E-state index contributed by atoms with van der Waals surface area (Å²) in [7, 11) is 0. The van der Waals surface area contributed by atoms with Crippen molar-refractivity contribution < 1.29 is 0 Å². The average molecular weight is 311 g/mol. The van der Waals surface area contributed by atoms with E-state index in [1.807, 2.05) is 0 Å². The minimum Gasteiger partial charge on any atom is -0.309 e. The minimum atomic E-state index is 0.549. The fraction of sp³-hybridized carbons (Fsp3) is 0.600. The van der Waals surface area contributed by atoms with Crippen LogP contribution in [0.25, 0.3) is 0 Å². The Hall–Kier alpha value is -0.380. The molecule has 1 aromatic rings. The number of nitrogens with one attached hydrogen (secondary N) is 1. The van der Waals surface area contributed by atoms with Gasteiger partial charge in [0.25, 0.3) is 0 Å². The largest absolute Gasteiger partial charge is 0.309 e. The molecule has 3 heteroatoms. The van der Waals surface area contributed by atoms with Crippen LogP contribution in [-0.4, -0.2) is 31.1 Å². The molecule has 0 saturated heterocycles. The SMILES string of the molecule is CCN(CC)CCNC1CCc2c(Br)cccc21. The van der Waals surface area contributed by atoms with Gasteiger partial charge in [0.1, 0.15) is 0 Å². The molecule has 2 rings (SSSR count). The summed E-state index contributed by atoms with van der Waals surface area (Å²) in [6, 6.07) is 7.11. The van der Waals surface area contributed by atoms with E-state index in [-0.39, 0.29) is 0 Å². The molecule has 100 valence electrons. The van der Waals surface area contributed by atoms with E-state index in [9.17, 15) is 0 Å². The number of halogens is 1. The molecule has 1 aliphatic carbocycles. The fourth-order valence-electron chi connectivity index (χ4n) is 2.76. The first kappa shape index (κ1) is 14.0. The van der Waals surface area contributed by atoms with E-state index >= 15 is 0 Å². The van der Waals surface area contributed by atoms with Crippen molar-refractivity contribution in [3.05, 3.63) is 33.8 Å². The summed E-state index contributed by atoms with van der Waals surface area (Å²) in [5.74, 6) is 0. The van der Waals surface area contributed by atoms with Gasteiger partial charge in [-0.3, -0.25) is 0 Å². The third-order valence-electron chi connectivity index (χ3n) is 3.93. The Labute approximate surface area is 119 Å². The molecule has 0 aromatic heterocycles. The normalized spacial score (nSPS) is 18.3. The Morgan fingerprint density at radius 2 is 2.11 bits per heavy atom. The fourth-order valence-corrected chi connectivity index (χ4v) is 3.34. The van der Waals surface area contributed by atoms with Crippen molar-refractivity contribution in [2.24, 2.45) is 0 Å². The molecule has 1 unspecified atom stereocenters. The topological polar surface area (TPSA) is 15.3 Å². The first-order chi connectivity index (χ1) is 8.76. The standard InChI is InChI=1S/C15H23BrN2/c1-3-18(4-2)11-10-17-15-9-8-12-13(15)6-5-7-14(12)16/h5-7,15,17H,3-4,8-11H2,1-2H3. The quantitative estimate of drug-likeness (QED) is 0.866. The maximum atomic E-state index is 3.70. The predicted octanol–water partition coefficient (Wildman–Crippen LogP) is 3.37. The van der Waals surface area contributed by atoms with Crippen LogP contribution in [0.5, 0.6) is 0 Å². The maximum absolute atomic E-state index is 3.70. The van der Waals surface area contributed by atoms with Gasteiger partial charge in [0.2, 0.25) is 0 Å². The number of nitrogens with zero attached hydrogens (tertiary/aromatic N) is 1. The van der Waals surface area contributed by atoms with Crippen LogP contribution in [0.2, 0.25) is 0 Å². The van der Waals surface area contributed by atoms with Gasteiger partial charge in [0.15, 0.2) is 0 Å². The van der Waals surface area contributed by atoms with Crippen LogP contribution in [0, 0.1) is 0 Å². The third kappa shape index (κ3) is 3.14. The van der Waals surface area contributed by atoms with E-state index in [1.54, 1.807) is 0 Å². The van der Waals surface area contributed by atoms with Gasteiger partial charge in [-0.1, -0.05) is 41.9 Å². The lowest BCUT2D eigenvalue weighted by molar-refractivity contribution is 0.296. The van der Waals surface area contributed by atoms with Crippen LogP contribution in [0.3, 0.4) is 0 Å². The first-order valence-electron chi connectivity index (χ1n) is 6.99. The lowest BCUT2D eigenvalue weighted by atomic mass is 10.1. The molecular weight excluding hydrogens is 288 g/mol. The van der Waals surface area contributed by atoms with Crippen molar-refractivity contribution in [1.29, 1.82) is 0 Å². The summed E-state index contributed by atoms with van der Waals surface area (Å²) in [5.41, 5.74) is 2.99. The van der Waals surface area contributed by atoms with Crippen molar-refractivity contribution in [1.82, 2.24) is 10.2 Å². The Morgan fingerprint density at radius 3 is 2.83 bits per heavy atom. The minimum absolute atomic E-state index is 0.549. The van der Waals surface area contributed by atoms with Crippen LogP contribution in [-0.2, 0) is 6.42 Å². The molecule has 0 fully saturated rings. The third-order valence-corrected chi connectivity index (χ3v) is 4.67. The van der Waals surface area contributed by atoms with Crippen LogP contribution < -0.4 is 5.32 Å². The second-order valence-electron chi connectivity index (χ2n) is 4.88. The van der Waals surface area contributed by atoms with E-state index in [0.717, 1.165) is 26.2 Å². The molecule has 0 amide bonds. The number of likely N-dealkylation sites (N-methyl/N-ethyl adjacent to an activating group) is 1. The number of hydrogen-bond acceptors (Lipinski definition) is 2. The second-order valence-corrected chi connectivity index (χ2v) is 5.73. The maximum Gasteiger partial charge on any atom is 0.0327 e. The van der Waals surface area contributed by atoms with Crippen molar-refractivity contribution in [2.45, 2.75) is 32.7 Å². The highest BCUT2D eigenvalue weighted by Gasteiger charge is 2.23. The highest BCUT2D eigenvalue weighted by atomic mass is 79.9. The van der Waals surface area contributed by atoms with Crippen molar-refractivity contribution in [3.8, 4) is 0 Å². The molecule has 0 aliphatic heterocycles. The van der Waals surface area contributed by atoms with Gasteiger partial charge < -0.3 is 10.2 Å². The molecule has 1 aliphatic rings. The van der Waals surface area contributed by atoms with Crippen molar-refractivity contribution in [2.75, 3.05) is 26.2 Å². The number of benzene rings is 1. The molecule has 0 saturated carbocycles. The van der Waals surface area contributed by atoms with Crippen molar-refractivity contribution in [3.63, 3.8) is 0 Å². The highest BCUT2D eigenvalue weighted by Crippen LogP contribution is 2.35.